The number of hydrogen-bond donors (Lipinski definition) is 0. The van der Waals surface area contributed by atoms with Gasteiger partial charge in [-0.05, 0) is 61.4 Å². The fourth-order valence-corrected chi connectivity index (χ4v) is 5.77. The summed E-state index contributed by atoms with van der Waals surface area (Å²) in [6, 6.07) is 17.6. The number of para-hydroxylation sites is 1. The summed E-state index contributed by atoms with van der Waals surface area (Å²) in [6.45, 7) is 4.39. The van der Waals surface area contributed by atoms with Gasteiger partial charge in [0, 0.05) is 0 Å². The molecule has 0 bridgehead atoms. The van der Waals surface area contributed by atoms with Gasteiger partial charge in [0.1, 0.15) is 5.58 Å². The molecule has 1 atom stereocenters. The van der Waals surface area contributed by atoms with Crippen LogP contribution in [0, 0.1) is 6.92 Å². The van der Waals surface area contributed by atoms with Gasteiger partial charge in [0.15, 0.2) is 22.1 Å². The number of carbonyl (C=O) groups is 1. The lowest BCUT2D eigenvalue weighted by Crippen LogP contribution is -2.29. The number of benzene rings is 3. The van der Waals surface area contributed by atoms with Crippen molar-refractivity contribution in [3.63, 3.8) is 0 Å². The third kappa shape index (κ3) is 3.37. The lowest BCUT2D eigenvalue weighted by atomic mass is 9.98. The highest BCUT2D eigenvalue weighted by Crippen LogP contribution is 2.45. The summed E-state index contributed by atoms with van der Waals surface area (Å²) >= 11 is 1.41. The summed E-state index contributed by atoms with van der Waals surface area (Å²) in [7, 11) is 1.56. The van der Waals surface area contributed by atoms with Crippen LogP contribution in [0.1, 0.15) is 40.2 Å². The molecule has 0 aliphatic carbocycles. The van der Waals surface area contributed by atoms with E-state index in [4.69, 9.17) is 18.9 Å². The summed E-state index contributed by atoms with van der Waals surface area (Å²) in [5, 5.41) is 0.919. The van der Waals surface area contributed by atoms with Crippen molar-refractivity contribution in [2.75, 3.05) is 18.6 Å². The number of thiazole rings is 1. The Balaban J connectivity index is 1.61. The van der Waals surface area contributed by atoms with Gasteiger partial charge in [0.05, 0.1) is 40.9 Å². The van der Waals surface area contributed by atoms with Crippen molar-refractivity contribution in [3.05, 3.63) is 93.3 Å². The quantitative estimate of drug-likeness (QED) is 0.302. The van der Waals surface area contributed by atoms with E-state index in [1.165, 1.54) is 11.3 Å². The van der Waals surface area contributed by atoms with Gasteiger partial charge in [-0.3, -0.25) is 14.5 Å². The number of carbonyl (C=O) groups excluding carboxylic acids is 1. The van der Waals surface area contributed by atoms with Crippen molar-refractivity contribution in [2.24, 2.45) is 0 Å². The van der Waals surface area contributed by atoms with Crippen LogP contribution in [0.25, 0.3) is 21.2 Å². The minimum absolute atomic E-state index is 0.0342. The molecule has 0 fully saturated rings. The van der Waals surface area contributed by atoms with E-state index in [0.29, 0.717) is 45.3 Å². The second kappa shape index (κ2) is 8.49. The minimum atomic E-state index is -0.736. The Kier molecular flexibility index (Phi) is 5.26. The van der Waals surface area contributed by atoms with E-state index in [9.17, 15) is 9.59 Å². The Labute approximate surface area is 210 Å². The zero-order chi connectivity index (χ0) is 25.0. The van der Waals surface area contributed by atoms with Crippen molar-refractivity contribution in [3.8, 4) is 11.5 Å². The molecule has 36 heavy (non-hydrogen) atoms. The van der Waals surface area contributed by atoms with Crippen LogP contribution in [0.2, 0.25) is 0 Å². The van der Waals surface area contributed by atoms with E-state index in [1.807, 2.05) is 38.1 Å². The first-order valence-electron chi connectivity index (χ1n) is 11.6. The topological polar surface area (TPSA) is 81.9 Å². The summed E-state index contributed by atoms with van der Waals surface area (Å²) in [5.74, 6) is 0.731. The maximum atomic E-state index is 13.8. The molecule has 1 aliphatic rings. The molecule has 3 aromatic carbocycles. The van der Waals surface area contributed by atoms with Crippen molar-refractivity contribution < 1.29 is 18.7 Å². The molecule has 0 spiro atoms. The molecule has 3 heterocycles. The average Bonchev–Trinajstić information content (AvgIpc) is 3.43. The summed E-state index contributed by atoms with van der Waals surface area (Å²) < 4.78 is 18.3. The number of amides is 1. The van der Waals surface area contributed by atoms with Crippen LogP contribution in [-0.4, -0.2) is 24.6 Å². The highest BCUT2D eigenvalue weighted by atomic mass is 32.1. The summed E-state index contributed by atoms with van der Waals surface area (Å²) in [6.07, 6.45) is 0. The molecule has 0 saturated heterocycles. The van der Waals surface area contributed by atoms with Crippen LogP contribution < -0.4 is 19.8 Å². The van der Waals surface area contributed by atoms with Crippen LogP contribution in [0.15, 0.2) is 69.9 Å². The fraction of sp³-hybridized carbons (Fsp3) is 0.179. The van der Waals surface area contributed by atoms with Gasteiger partial charge in [-0.15, -0.1) is 0 Å². The standard InChI is InChI=1S/C28H22N2O5S/c1-4-34-20-12-10-16(14-21(20)33-3)24-23-25(31)17-7-5-6-8-19(17)35-26(23)27(32)30(24)28-29-18-11-9-15(2)13-22(18)36-28/h5-14,24H,4H2,1-3H3/t24-/m0/s1. The van der Waals surface area contributed by atoms with E-state index in [-0.39, 0.29) is 11.2 Å². The molecule has 0 saturated carbocycles. The molecule has 1 aliphatic heterocycles. The zero-order valence-corrected chi connectivity index (χ0v) is 20.7. The van der Waals surface area contributed by atoms with Gasteiger partial charge in [0.2, 0.25) is 5.76 Å². The number of ether oxygens (including phenoxy) is 2. The number of rotatable bonds is 5. The van der Waals surface area contributed by atoms with Gasteiger partial charge >= 0.3 is 0 Å². The Bertz CT molecular complexity index is 1720. The van der Waals surface area contributed by atoms with Crippen molar-refractivity contribution >= 4 is 43.6 Å². The second-order valence-corrected chi connectivity index (χ2v) is 9.57. The lowest BCUT2D eigenvalue weighted by Gasteiger charge is -2.23. The maximum absolute atomic E-state index is 13.8. The number of hydrogen-bond acceptors (Lipinski definition) is 7. The molecule has 5 aromatic rings. The van der Waals surface area contributed by atoms with Gasteiger partial charge in [-0.1, -0.05) is 35.6 Å². The Morgan fingerprint density at radius 2 is 1.89 bits per heavy atom. The molecule has 180 valence electrons. The smallest absolute Gasteiger partial charge is 0.297 e. The SMILES string of the molecule is CCOc1ccc([C@H]2c3c(oc4ccccc4c3=O)C(=O)N2c2nc3ccc(C)cc3s2)cc1OC. The van der Waals surface area contributed by atoms with Crippen molar-refractivity contribution in [1.29, 1.82) is 0 Å². The zero-order valence-electron chi connectivity index (χ0n) is 19.9. The summed E-state index contributed by atoms with van der Waals surface area (Å²) in [5.41, 5.74) is 3.01. The maximum Gasteiger partial charge on any atom is 0.297 e. The van der Waals surface area contributed by atoms with Crippen molar-refractivity contribution in [1.82, 2.24) is 4.98 Å². The number of nitrogens with zero attached hydrogens (tertiary/aromatic N) is 2. The molecule has 0 radical (unpaired) electrons. The molecular weight excluding hydrogens is 476 g/mol. The molecule has 1 amide bonds. The monoisotopic (exact) mass is 498 g/mol. The van der Waals surface area contributed by atoms with Crippen molar-refractivity contribution in [2.45, 2.75) is 19.9 Å². The molecule has 8 heteroatoms. The normalized spacial score (nSPS) is 15.0. The number of fused-ring (bicyclic) bond motifs is 3. The van der Waals surface area contributed by atoms with Crippen LogP contribution in [0.4, 0.5) is 5.13 Å². The van der Waals surface area contributed by atoms with E-state index in [2.05, 4.69) is 0 Å². The van der Waals surface area contributed by atoms with Gasteiger partial charge in [0.25, 0.3) is 5.91 Å². The van der Waals surface area contributed by atoms with Crippen LogP contribution >= 0.6 is 11.3 Å². The van der Waals surface area contributed by atoms with E-state index in [0.717, 1.165) is 15.8 Å². The molecular formula is C28H22N2O5S. The van der Waals surface area contributed by atoms with Crippen LogP contribution in [-0.2, 0) is 0 Å². The third-order valence-electron chi connectivity index (χ3n) is 6.32. The fourth-order valence-electron chi connectivity index (χ4n) is 4.68. The molecule has 7 nitrogen and oxygen atoms in total. The van der Waals surface area contributed by atoms with Crippen LogP contribution in [0.5, 0.6) is 11.5 Å². The largest absolute Gasteiger partial charge is 0.493 e. The van der Waals surface area contributed by atoms with Gasteiger partial charge in [-0.2, -0.15) is 0 Å². The molecule has 6 rings (SSSR count). The number of aromatic nitrogens is 1. The Hall–Kier alpha value is -4.17. The summed E-state index contributed by atoms with van der Waals surface area (Å²) in [4.78, 5) is 33.9. The highest BCUT2D eigenvalue weighted by Gasteiger charge is 2.45. The first-order valence-corrected chi connectivity index (χ1v) is 12.4. The first-order chi connectivity index (χ1) is 17.5. The minimum Gasteiger partial charge on any atom is -0.493 e. The highest BCUT2D eigenvalue weighted by molar-refractivity contribution is 7.22. The van der Waals surface area contributed by atoms with E-state index < -0.39 is 11.9 Å². The van der Waals surface area contributed by atoms with Gasteiger partial charge < -0.3 is 13.9 Å². The van der Waals surface area contributed by atoms with E-state index in [1.54, 1.807) is 48.4 Å². The Morgan fingerprint density at radius 1 is 1.06 bits per heavy atom. The van der Waals surface area contributed by atoms with Crippen LogP contribution in [0.3, 0.4) is 0 Å². The predicted octanol–water partition coefficient (Wildman–Crippen LogP) is 5.87. The number of aryl methyl sites for hydroxylation is 1. The number of anilines is 1. The average molecular weight is 499 g/mol. The van der Waals surface area contributed by atoms with E-state index >= 15 is 0 Å². The molecule has 2 aromatic heterocycles. The predicted molar refractivity (Wildman–Crippen MR) is 140 cm³/mol. The second-order valence-electron chi connectivity index (χ2n) is 8.56. The lowest BCUT2D eigenvalue weighted by molar-refractivity contribution is 0.0971. The molecule has 0 N–H and O–H groups in total. The third-order valence-corrected chi connectivity index (χ3v) is 7.34. The van der Waals surface area contributed by atoms with Gasteiger partial charge in [-0.25, -0.2) is 4.98 Å². The molecule has 0 unspecified atom stereocenters. The number of methoxy groups -OCH3 is 1. The first kappa shape index (κ1) is 22.3. The Morgan fingerprint density at radius 3 is 2.69 bits per heavy atom.